The van der Waals surface area contributed by atoms with Crippen LogP contribution in [0.1, 0.15) is 13.8 Å². The smallest absolute Gasteiger partial charge is 0.287 e. The van der Waals surface area contributed by atoms with Crippen molar-refractivity contribution in [1.29, 1.82) is 0 Å². The first kappa shape index (κ1) is 11.8. The number of rotatable bonds is 4. The standard InChI is InChI=1S/C10H10O6/c1-7(11)13-15-9-4-3-5-10(6-9)16-14-8(2)12/h3-6H,1-2H3. The topological polar surface area (TPSA) is 71.1 Å². The Kier molecular flexibility index (Phi) is 4.14. The third-order valence-electron chi connectivity index (χ3n) is 1.32. The molecule has 0 fully saturated rings. The first-order chi connectivity index (χ1) is 7.58. The van der Waals surface area contributed by atoms with E-state index in [4.69, 9.17) is 0 Å². The fraction of sp³-hybridized carbons (Fsp3) is 0.200. The molecule has 1 aromatic rings. The number of benzene rings is 1. The first-order valence-electron chi connectivity index (χ1n) is 4.38. The van der Waals surface area contributed by atoms with E-state index in [-0.39, 0.29) is 11.5 Å². The largest absolute Gasteiger partial charge is 0.352 e. The Morgan fingerprint density at radius 3 is 1.75 bits per heavy atom. The Morgan fingerprint density at radius 1 is 0.938 bits per heavy atom. The van der Waals surface area contributed by atoms with Gasteiger partial charge in [0.25, 0.3) is 0 Å². The maximum absolute atomic E-state index is 10.5. The van der Waals surface area contributed by atoms with Crippen LogP contribution >= 0.6 is 0 Å². The average Bonchev–Trinajstić information content (AvgIpc) is 2.24. The van der Waals surface area contributed by atoms with Gasteiger partial charge in [0.1, 0.15) is 0 Å². The quantitative estimate of drug-likeness (QED) is 0.570. The summed E-state index contributed by atoms with van der Waals surface area (Å²) in [6.07, 6.45) is 0. The fourth-order valence-electron chi connectivity index (χ4n) is 0.791. The molecule has 0 N–H and O–H groups in total. The van der Waals surface area contributed by atoms with Crippen LogP contribution in [-0.4, -0.2) is 11.9 Å². The summed E-state index contributed by atoms with van der Waals surface area (Å²) in [4.78, 5) is 38.8. The number of carbonyl (C=O) groups is 2. The molecule has 0 amide bonds. The van der Waals surface area contributed by atoms with Gasteiger partial charge in [-0.05, 0) is 12.1 Å². The lowest BCUT2D eigenvalue weighted by atomic mass is 10.3. The minimum atomic E-state index is -0.577. The van der Waals surface area contributed by atoms with Crippen molar-refractivity contribution in [1.82, 2.24) is 0 Å². The zero-order chi connectivity index (χ0) is 12.0. The van der Waals surface area contributed by atoms with E-state index in [0.29, 0.717) is 0 Å². The molecule has 16 heavy (non-hydrogen) atoms. The normalized spacial score (nSPS) is 9.12. The molecule has 0 unspecified atom stereocenters. The Morgan fingerprint density at radius 2 is 1.38 bits per heavy atom. The Bertz CT molecular complexity index is 353. The summed E-state index contributed by atoms with van der Waals surface area (Å²) in [5, 5.41) is 0. The van der Waals surface area contributed by atoms with Crippen molar-refractivity contribution in [2.24, 2.45) is 0 Å². The Balaban J connectivity index is 2.56. The minimum absolute atomic E-state index is 0.250. The molecule has 6 heteroatoms. The highest BCUT2D eigenvalue weighted by atomic mass is 17.2. The molecule has 0 saturated heterocycles. The molecule has 0 heterocycles. The molecule has 1 rings (SSSR count). The second-order valence-corrected chi connectivity index (χ2v) is 2.79. The fourth-order valence-corrected chi connectivity index (χ4v) is 0.791. The molecule has 1 aromatic carbocycles. The van der Waals surface area contributed by atoms with Crippen LogP contribution in [0.5, 0.6) is 11.5 Å². The monoisotopic (exact) mass is 226 g/mol. The molecule has 0 spiro atoms. The van der Waals surface area contributed by atoms with Crippen LogP contribution in [0, 0.1) is 0 Å². The van der Waals surface area contributed by atoms with E-state index in [2.05, 4.69) is 19.6 Å². The lowest BCUT2D eigenvalue weighted by molar-refractivity contribution is -0.213. The lowest BCUT2D eigenvalue weighted by Gasteiger charge is -2.04. The van der Waals surface area contributed by atoms with E-state index in [1.54, 1.807) is 18.2 Å². The number of hydrogen-bond donors (Lipinski definition) is 0. The Labute approximate surface area is 91.5 Å². The zero-order valence-corrected chi connectivity index (χ0v) is 8.76. The highest BCUT2D eigenvalue weighted by Crippen LogP contribution is 2.19. The van der Waals surface area contributed by atoms with Crippen molar-refractivity contribution in [3.05, 3.63) is 24.3 Å². The molecule has 0 bridgehead atoms. The SMILES string of the molecule is CC(=O)OOc1cccc(OOC(C)=O)c1. The summed E-state index contributed by atoms with van der Waals surface area (Å²) in [5.74, 6) is -0.655. The third-order valence-corrected chi connectivity index (χ3v) is 1.32. The van der Waals surface area contributed by atoms with E-state index in [9.17, 15) is 9.59 Å². The molecular formula is C10H10O6. The zero-order valence-electron chi connectivity index (χ0n) is 8.76. The van der Waals surface area contributed by atoms with Gasteiger partial charge in [-0.25, -0.2) is 9.59 Å². The van der Waals surface area contributed by atoms with Gasteiger partial charge in [-0.15, -0.1) is 0 Å². The molecule has 0 saturated carbocycles. The van der Waals surface area contributed by atoms with Crippen LogP contribution in [0.25, 0.3) is 0 Å². The van der Waals surface area contributed by atoms with Gasteiger partial charge in [0, 0.05) is 19.9 Å². The predicted octanol–water partition coefficient (Wildman–Crippen LogP) is 1.40. The van der Waals surface area contributed by atoms with Crippen LogP contribution < -0.4 is 9.78 Å². The van der Waals surface area contributed by atoms with E-state index in [1.165, 1.54) is 19.9 Å². The molecule has 6 nitrogen and oxygen atoms in total. The summed E-state index contributed by atoms with van der Waals surface area (Å²) in [6.45, 7) is 2.42. The molecule has 86 valence electrons. The first-order valence-corrected chi connectivity index (χ1v) is 4.38. The third kappa shape index (κ3) is 4.32. The number of carbonyl (C=O) groups excluding carboxylic acids is 2. The predicted molar refractivity (Wildman–Crippen MR) is 51.2 cm³/mol. The van der Waals surface area contributed by atoms with Crippen LogP contribution in [0.15, 0.2) is 24.3 Å². The van der Waals surface area contributed by atoms with Gasteiger partial charge in [0.05, 0.1) is 0 Å². The number of hydrogen-bond acceptors (Lipinski definition) is 6. The van der Waals surface area contributed by atoms with Crippen molar-refractivity contribution in [3.63, 3.8) is 0 Å². The van der Waals surface area contributed by atoms with Gasteiger partial charge in [-0.1, -0.05) is 6.07 Å². The highest BCUT2D eigenvalue weighted by Gasteiger charge is 2.03. The summed E-state index contributed by atoms with van der Waals surface area (Å²) in [5.41, 5.74) is 0. The van der Waals surface area contributed by atoms with Crippen molar-refractivity contribution < 1.29 is 29.1 Å². The van der Waals surface area contributed by atoms with Crippen LogP contribution in [0.2, 0.25) is 0 Å². The lowest BCUT2D eigenvalue weighted by Crippen LogP contribution is -2.04. The highest BCUT2D eigenvalue weighted by molar-refractivity contribution is 5.65. The van der Waals surface area contributed by atoms with Gasteiger partial charge in [0.2, 0.25) is 0 Å². The van der Waals surface area contributed by atoms with Crippen LogP contribution in [0.3, 0.4) is 0 Å². The maximum atomic E-state index is 10.5. The van der Waals surface area contributed by atoms with Crippen molar-refractivity contribution in [3.8, 4) is 11.5 Å². The van der Waals surface area contributed by atoms with Crippen molar-refractivity contribution in [2.45, 2.75) is 13.8 Å². The maximum Gasteiger partial charge on any atom is 0.352 e. The van der Waals surface area contributed by atoms with Gasteiger partial charge >= 0.3 is 11.9 Å². The molecule has 0 aliphatic heterocycles. The van der Waals surface area contributed by atoms with E-state index in [1.807, 2.05) is 0 Å². The minimum Gasteiger partial charge on any atom is -0.287 e. The average molecular weight is 226 g/mol. The van der Waals surface area contributed by atoms with Crippen LogP contribution in [0.4, 0.5) is 0 Å². The van der Waals surface area contributed by atoms with E-state index >= 15 is 0 Å². The van der Waals surface area contributed by atoms with Crippen LogP contribution in [-0.2, 0) is 19.4 Å². The molecule has 0 atom stereocenters. The van der Waals surface area contributed by atoms with Gasteiger partial charge in [-0.3, -0.25) is 19.6 Å². The van der Waals surface area contributed by atoms with Gasteiger partial charge < -0.3 is 0 Å². The van der Waals surface area contributed by atoms with E-state index < -0.39 is 11.9 Å². The molecule has 0 aliphatic carbocycles. The molecular weight excluding hydrogens is 216 g/mol. The summed E-state index contributed by atoms with van der Waals surface area (Å²) < 4.78 is 0. The van der Waals surface area contributed by atoms with Crippen molar-refractivity contribution >= 4 is 11.9 Å². The second kappa shape index (κ2) is 5.59. The Hall–Kier alpha value is -2.24. The van der Waals surface area contributed by atoms with Gasteiger partial charge in [-0.2, -0.15) is 0 Å². The van der Waals surface area contributed by atoms with Crippen molar-refractivity contribution in [2.75, 3.05) is 0 Å². The van der Waals surface area contributed by atoms with Gasteiger partial charge in [0.15, 0.2) is 11.5 Å². The summed E-state index contributed by atoms with van der Waals surface area (Å²) in [7, 11) is 0. The molecule has 0 aliphatic rings. The molecule has 0 radical (unpaired) electrons. The molecule has 0 aromatic heterocycles. The summed E-state index contributed by atoms with van der Waals surface area (Å²) in [6, 6.07) is 6.07. The van der Waals surface area contributed by atoms with E-state index in [0.717, 1.165) is 0 Å². The second-order valence-electron chi connectivity index (χ2n) is 2.79. The summed E-state index contributed by atoms with van der Waals surface area (Å²) >= 11 is 0.